The fourth-order valence-corrected chi connectivity index (χ4v) is 3.15. The zero-order valence-electron chi connectivity index (χ0n) is 16.9. The van der Waals surface area contributed by atoms with Crippen molar-refractivity contribution in [1.82, 2.24) is 20.6 Å². The van der Waals surface area contributed by atoms with Crippen LogP contribution < -0.4 is 15.4 Å². The molecule has 6 nitrogen and oxygen atoms in total. The summed E-state index contributed by atoms with van der Waals surface area (Å²) in [7, 11) is 1.58. The summed E-state index contributed by atoms with van der Waals surface area (Å²) in [4.78, 5) is 20.1. The largest absolute Gasteiger partial charge is 0.476 e. The quantitative estimate of drug-likeness (QED) is 0.471. The van der Waals surface area contributed by atoms with Gasteiger partial charge in [-0.2, -0.15) is 0 Å². The molecule has 0 saturated carbocycles. The van der Waals surface area contributed by atoms with Crippen molar-refractivity contribution in [3.8, 4) is 17.1 Å². The predicted octanol–water partition coefficient (Wildman–Crippen LogP) is 4.84. The van der Waals surface area contributed by atoms with Crippen molar-refractivity contribution in [3.05, 3.63) is 59.4 Å². The third-order valence-electron chi connectivity index (χ3n) is 4.56. The van der Waals surface area contributed by atoms with E-state index in [-0.39, 0.29) is 6.03 Å². The van der Waals surface area contributed by atoms with E-state index in [9.17, 15) is 4.79 Å². The molecule has 1 unspecified atom stereocenters. The Morgan fingerprint density at radius 1 is 1.27 bits per heavy atom. The van der Waals surface area contributed by atoms with Gasteiger partial charge < -0.3 is 15.4 Å². The van der Waals surface area contributed by atoms with Crippen LogP contribution in [0.1, 0.15) is 25.5 Å². The number of aromatic nitrogens is 2. The van der Waals surface area contributed by atoms with Crippen LogP contribution in [-0.4, -0.2) is 41.1 Å². The van der Waals surface area contributed by atoms with E-state index in [1.54, 1.807) is 13.2 Å². The lowest BCUT2D eigenvalue weighted by Gasteiger charge is -2.21. The number of alkyl halides is 1. The third-order valence-corrected chi connectivity index (χ3v) is 5.09. The molecule has 0 fully saturated rings. The summed E-state index contributed by atoms with van der Waals surface area (Å²) >= 11 is 12.5. The van der Waals surface area contributed by atoms with Crippen LogP contribution in [0.15, 0.2) is 48.7 Å². The molecule has 1 aliphatic rings. The number of benzene rings is 1. The molecule has 0 radical (unpaired) electrons. The van der Waals surface area contributed by atoms with Crippen LogP contribution >= 0.6 is 23.2 Å². The van der Waals surface area contributed by atoms with Crippen molar-refractivity contribution in [2.45, 2.75) is 24.6 Å². The molecular formula is C22H24Cl2N4O2. The lowest BCUT2D eigenvalue weighted by Crippen LogP contribution is -2.33. The minimum absolute atomic E-state index is 0.216. The van der Waals surface area contributed by atoms with Crippen molar-refractivity contribution in [1.29, 1.82) is 0 Å². The van der Waals surface area contributed by atoms with E-state index in [2.05, 4.69) is 21.7 Å². The van der Waals surface area contributed by atoms with Crippen LogP contribution in [-0.2, 0) is 0 Å². The SMILES string of the molecule is CNC(=O)NCCCOc1cnc(-c2ccc(Cl)cc2)c(C2=CCC(C)(Cl)C=C2)n1. The van der Waals surface area contributed by atoms with E-state index in [0.717, 1.165) is 22.5 Å². The number of halogens is 2. The van der Waals surface area contributed by atoms with Crippen LogP contribution in [0, 0.1) is 0 Å². The van der Waals surface area contributed by atoms with Crippen molar-refractivity contribution >= 4 is 34.8 Å². The molecule has 0 spiro atoms. The standard InChI is InChI=1S/C22H24Cl2N4O2/c1-22(24)10-8-16(9-11-22)20-19(15-4-6-17(23)7-5-15)27-14-18(28-20)30-13-3-12-26-21(29)25-2/h4-10,14H,3,11-13H2,1-2H3,(H2,25,26,29). The van der Waals surface area contributed by atoms with Crippen LogP contribution in [0.25, 0.3) is 16.8 Å². The molecule has 0 aliphatic heterocycles. The van der Waals surface area contributed by atoms with Gasteiger partial charge in [-0.3, -0.25) is 0 Å². The average Bonchev–Trinajstić information content (AvgIpc) is 2.74. The number of amides is 2. The van der Waals surface area contributed by atoms with E-state index in [1.165, 1.54) is 0 Å². The van der Waals surface area contributed by atoms with E-state index in [4.69, 9.17) is 32.9 Å². The normalized spacial score (nSPS) is 17.9. The number of hydrogen-bond acceptors (Lipinski definition) is 4. The summed E-state index contributed by atoms with van der Waals surface area (Å²) < 4.78 is 5.76. The number of ether oxygens (including phenoxy) is 1. The maximum absolute atomic E-state index is 11.2. The van der Waals surface area contributed by atoms with Gasteiger partial charge in [0.2, 0.25) is 5.88 Å². The molecule has 2 aromatic rings. The summed E-state index contributed by atoms with van der Waals surface area (Å²) in [5.41, 5.74) is 3.32. The van der Waals surface area contributed by atoms with Crippen molar-refractivity contribution in [2.75, 3.05) is 20.2 Å². The number of rotatable bonds is 7. The van der Waals surface area contributed by atoms with Gasteiger partial charge >= 0.3 is 6.03 Å². The second-order valence-corrected chi connectivity index (χ2v) is 8.40. The van der Waals surface area contributed by atoms with Gasteiger partial charge in [-0.05, 0) is 37.5 Å². The molecule has 0 bridgehead atoms. The summed E-state index contributed by atoms with van der Waals surface area (Å²) in [6, 6.07) is 7.27. The number of urea groups is 1. The highest BCUT2D eigenvalue weighted by molar-refractivity contribution is 6.30. The molecule has 158 valence electrons. The second kappa shape index (κ2) is 9.96. The summed E-state index contributed by atoms with van der Waals surface area (Å²) in [6.45, 7) is 2.88. The lowest BCUT2D eigenvalue weighted by molar-refractivity contribution is 0.240. The summed E-state index contributed by atoms with van der Waals surface area (Å²) in [5.74, 6) is 0.427. The van der Waals surface area contributed by atoms with Gasteiger partial charge in [0.05, 0.1) is 23.4 Å². The molecule has 3 rings (SSSR count). The molecule has 1 heterocycles. The van der Waals surface area contributed by atoms with Crippen molar-refractivity contribution in [2.24, 2.45) is 0 Å². The predicted molar refractivity (Wildman–Crippen MR) is 121 cm³/mol. The number of allylic oxidation sites excluding steroid dienone is 4. The Labute approximate surface area is 186 Å². The van der Waals surface area contributed by atoms with Gasteiger partial charge in [-0.1, -0.05) is 42.0 Å². The van der Waals surface area contributed by atoms with E-state index >= 15 is 0 Å². The van der Waals surface area contributed by atoms with Crippen LogP contribution in [0.2, 0.25) is 5.02 Å². The van der Waals surface area contributed by atoms with Gasteiger partial charge in [0, 0.05) is 24.2 Å². The minimum Gasteiger partial charge on any atom is -0.476 e. The van der Waals surface area contributed by atoms with Crippen LogP contribution in [0.4, 0.5) is 4.79 Å². The number of carbonyl (C=O) groups is 1. The van der Waals surface area contributed by atoms with Crippen LogP contribution in [0.5, 0.6) is 5.88 Å². The number of hydrogen-bond donors (Lipinski definition) is 2. The fraction of sp³-hybridized carbons (Fsp3) is 0.318. The third kappa shape index (κ3) is 5.97. The Balaban J connectivity index is 1.80. The van der Waals surface area contributed by atoms with Gasteiger partial charge in [0.25, 0.3) is 0 Å². The monoisotopic (exact) mass is 446 g/mol. The topological polar surface area (TPSA) is 76.1 Å². The Morgan fingerprint density at radius 2 is 2.03 bits per heavy atom. The molecule has 0 saturated heterocycles. The van der Waals surface area contributed by atoms with Gasteiger partial charge in [-0.25, -0.2) is 14.8 Å². The molecule has 1 aliphatic carbocycles. The number of nitrogens with zero attached hydrogens (tertiary/aromatic N) is 2. The Bertz CT molecular complexity index is 956. The molecular weight excluding hydrogens is 423 g/mol. The zero-order chi connectivity index (χ0) is 21.6. The highest BCUT2D eigenvalue weighted by Gasteiger charge is 2.22. The number of carbonyl (C=O) groups excluding carboxylic acids is 1. The van der Waals surface area contributed by atoms with Gasteiger partial charge in [-0.15, -0.1) is 11.6 Å². The first kappa shape index (κ1) is 22.1. The molecule has 1 aromatic carbocycles. The van der Waals surface area contributed by atoms with E-state index < -0.39 is 4.87 Å². The Hall–Kier alpha value is -2.57. The molecule has 30 heavy (non-hydrogen) atoms. The van der Waals surface area contributed by atoms with E-state index in [0.29, 0.717) is 36.9 Å². The summed E-state index contributed by atoms with van der Waals surface area (Å²) in [6.07, 6.45) is 8.95. The number of nitrogens with one attached hydrogen (secondary N) is 2. The van der Waals surface area contributed by atoms with Gasteiger partial charge in [0.1, 0.15) is 5.69 Å². The maximum atomic E-state index is 11.2. The smallest absolute Gasteiger partial charge is 0.314 e. The van der Waals surface area contributed by atoms with Crippen molar-refractivity contribution in [3.63, 3.8) is 0 Å². The summed E-state index contributed by atoms with van der Waals surface area (Å²) in [5, 5.41) is 5.88. The van der Waals surface area contributed by atoms with Crippen LogP contribution in [0.3, 0.4) is 0 Å². The zero-order valence-corrected chi connectivity index (χ0v) is 18.4. The molecule has 8 heteroatoms. The minimum atomic E-state index is -0.400. The fourth-order valence-electron chi connectivity index (χ4n) is 2.89. The van der Waals surface area contributed by atoms with E-state index in [1.807, 2.05) is 43.3 Å². The molecule has 2 amide bonds. The Morgan fingerprint density at radius 3 is 2.70 bits per heavy atom. The lowest BCUT2D eigenvalue weighted by atomic mass is 9.94. The first-order chi connectivity index (χ1) is 14.4. The van der Waals surface area contributed by atoms with Crippen molar-refractivity contribution < 1.29 is 9.53 Å². The highest BCUT2D eigenvalue weighted by atomic mass is 35.5. The molecule has 1 aromatic heterocycles. The Kier molecular flexibility index (Phi) is 7.34. The second-order valence-electron chi connectivity index (χ2n) is 7.10. The molecule has 2 N–H and O–H groups in total. The highest BCUT2D eigenvalue weighted by Crippen LogP contribution is 2.34. The first-order valence-electron chi connectivity index (χ1n) is 9.68. The first-order valence-corrected chi connectivity index (χ1v) is 10.4. The average molecular weight is 447 g/mol. The maximum Gasteiger partial charge on any atom is 0.314 e. The molecule has 1 atom stereocenters. The van der Waals surface area contributed by atoms with Gasteiger partial charge in [0.15, 0.2) is 0 Å².